The first kappa shape index (κ1) is 17.7. The van der Waals surface area contributed by atoms with Gasteiger partial charge in [-0.1, -0.05) is 30.3 Å². The van der Waals surface area contributed by atoms with E-state index in [4.69, 9.17) is 5.11 Å². The van der Waals surface area contributed by atoms with Gasteiger partial charge in [0.25, 0.3) is 5.91 Å². The Bertz CT molecular complexity index is 630. The van der Waals surface area contributed by atoms with Crippen LogP contribution in [0.5, 0.6) is 0 Å². The molecule has 1 aromatic carbocycles. The zero-order valence-electron chi connectivity index (χ0n) is 13.3. The molecule has 0 bridgehead atoms. The molecule has 1 unspecified atom stereocenters. The van der Waals surface area contributed by atoms with Crippen LogP contribution in [0.1, 0.15) is 37.7 Å². The standard InChI is InChI=1S/C17H21N3O4/c21-14-8-10-17(15(22)20-14,9-4-5-11-18-16(23)24)19-12-13-6-2-1-3-7-13/h1-3,6-7,12,18H,4-5,8-11H2,(H,23,24)(H,20,21,22)/b19-12+. The molecule has 0 aliphatic carbocycles. The number of benzene rings is 1. The molecule has 1 saturated heterocycles. The molecule has 24 heavy (non-hydrogen) atoms. The fourth-order valence-corrected chi connectivity index (χ4v) is 2.64. The first-order valence-corrected chi connectivity index (χ1v) is 7.93. The SMILES string of the molecule is O=C(O)NCCCCC1(/N=C/c2ccccc2)CCC(=O)NC1=O. The number of hydrogen-bond donors (Lipinski definition) is 3. The number of amides is 3. The number of piperidine rings is 1. The maximum atomic E-state index is 12.4. The van der Waals surface area contributed by atoms with Crippen molar-refractivity contribution < 1.29 is 19.5 Å². The number of nitrogens with zero attached hydrogens (tertiary/aromatic N) is 1. The van der Waals surface area contributed by atoms with Crippen molar-refractivity contribution in [3.05, 3.63) is 35.9 Å². The van der Waals surface area contributed by atoms with Crippen molar-refractivity contribution in [3.63, 3.8) is 0 Å². The van der Waals surface area contributed by atoms with Gasteiger partial charge in [-0.15, -0.1) is 0 Å². The van der Waals surface area contributed by atoms with Gasteiger partial charge in [-0.3, -0.25) is 19.9 Å². The van der Waals surface area contributed by atoms with Crippen molar-refractivity contribution in [2.24, 2.45) is 4.99 Å². The molecule has 0 radical (unpaired) electrons. The van der Waals surface area contributed by atoms with E-state index in [1.807, 2.05) is 30.3 Å². The highest BCUT2D eigenvalue weighted by atomic mass is 16.4. The lowest BCUT2D eigenvalue weighted by Gasteiger charge is -2.31. The van der Waals surface area contributed by atoms with Crippen LogP contribution in [0.3, 0.4) is 0 Å². The molecule has 0 aromatic heterocycles. The predicted molar refractivity (Wildman–Crippen MR) is 89.0 cm³/mol. The van der Waals surface area contributed by atoms with Crippen LogP contribution in [-0.2, 0) is 9.59 Å². The number of carbonyl (C=O) groups is 3. The summed E-state index contributed by atoms with van der Waals surface area (Å²) in [6.07, 6.45) is 2.93. The minimum Gasteiger partial charge on any atom is -0.465 e. The zero-order chi connectivity index (χ0) is 17.4. The largest absolute Gasteiger partial charge is 0.465 e. The molecular weight excluding hydrogens is 310 g/mol. The van der Waals surface area contributed by atoms with Crippen LogP contribution in [0, 0.1) is 0 Å². The van der Waals surface area contributed by atoms with Crippen molar-refractivity contribution in [1.82, 2.24) is 10.6 Å². The Morgan fingerprint density at radius 3 is 2.71 bits per heavy atom. The highest BCUT2D eigenvalue weighted by molar-refractivity contribution is 6.03. The average molecular weight is 331 g/mol. The molecule has 0 spiro atoms. The molecular formula is C17H21N3O4. The monoisotopic (exact) mass is 331 g/mol. The number of nitrogens with one attached hydrogen (secondary N) is 2. The number of unbranched alkanes of at least 4 members (excludes halogenated alkanes) is 1. The molecule has 1 atom stereocenters. The maximum absolute atomic E-state index is 12.4. The molecule has 3 N–H and O–H groups in total. The number of hydrogen-bond acceptors (Lipinski definition) is 4. The Hall–Kier alpha value is -2.70. The van der Waals surface area contributed by atoms with Crippen LogP contribution in [0.4, 0.5) is 4.79 Å². The summed E-state index contributed by atoms with van der Waals surface area (Å²) in [5.74, 6) is -0.657. The molecule has 1 fully saturated rings. The van der Waals surface area contributed by atoms with Gasteiger partial charge in [0.1, 0.15) is 5.54 Å². The molecule has 1 aromatic rings. The summed E-state index contributed by atoms with van der Waals surface area (Å²) in [6, 6.07) is 9.44. The summed E-state index contributed by atoms with van der Waals surface area (Å²) in [5, 5.41) is 13.2. The molecule has 1 heterocycles. The molecule has 0 saturated carbocycles. The third-order valence-corrected chi connectivity index (χ3v) is 3.99. The zero-order valence-corrected chi connectivity index (χ0v) is 13.3. The van der Waals surface area contributed by atoms with Gasteiger partial charge in [-0.2, -0.15) is 0 Å². The van der Waals surface area contributed by atoms with E-state index < -0.39 is 11.6 Å². The van der Waals surface area contributed by atoms with Crippen molar-refractivity contribution in [2.45, 2.75) is 37.6 Å². The predicted octanol–water partition coefficient (Wildman–Crippen LogP) is 1.72. The Morgan fingerprint density at radius 2 is 2.04 bits per heavy atom. The fraction of sp³-hybridized carbons (Fsp3) is 0.412. The van der Waals surface area contributed by atoms with E-state index in [1.165, 1.54) is 0 Å². The minimum absolute atomic E-state index is 0.255. The van der Waals surface area contributed by atoms with Gasteiger partial charge in [-0.25, -0.2) is 4.79 Å². The van der Waals surface area contributed by atoms with Crippen LogP contribution in [0.25, 0.3) is 0 Å². The molecule has 1 aliphatic heterocycles. The molecule has 128 valence electrons. The molecule has 7 heteroatoms. The Balaban J connectivity index is 2.04. The first-order chi connectivity index (χ1) is 11.5. The summed E-state index contributed by atoms with van der Waals surface area (Å²) in [6.45, 7) is 0.328. The molecule has 7 nitrogen and oxygen atoms in total. The van der Waals surface area contributed by atoms with E-state index in [9.17, 15) is 14.4 Å². The molecule has 3 amide bonds. The van der Waals surface area contributed by atoms with Crippen LogP contribution < -0.4 is 10.6 Å². The molecule has 2 rings (SSSR count). The van der Waals surface area contributed by atoms with E-state index in [1.54, 1.807) is 6.21 Å². The van der Waals surface area contributed by atoms with Gasteiger partial charge in [0.05, 0.1) is 0 Å². The highest BCUT2D eigenvalue weighted by Crippen LogP contribution is 2.28. The second-order valence-electron chi connectivity index (χ2n) is 5.77. The number of aliphatic imine (C=N–C) groups is 1. The minimum atomic E-state index is -1.06. The van der Waals surface area contributed by atoms with Crippen molar-refractivity contribution in [1.29, 1.82) is 0 Å². The normalized spacial score (nSPS) is 20.8. The lowest BCUT2D eigenvalue weighted by molar-refractivity contribution is -0.137. The summed E-state index contributed by atoms with van der Waals surface area (Å²) >= 11 is 0. The summed E-state index contributed by atoms with van der Waals surface area (Å²) < 4.78 is 0. The van der Waals surface area contributed by atoms with Crippen molar-refractivity contribution in [2.75, 3.05) is 6.54 Å². The first-order valence-electron chi connectivity index (χ1n) is 7.93. The Labute approximate surface area is 140 Å². The number of imide groups is 1. The second kappa shape index (κ2) is 8.24. The van der Waals surface area contributed by atoms with E-state index in [-0.39, 0.29) is 18.2 Å². The Kier molecular flexibility index (Phi) is 6.06. The Morgan fingerprint density at radius 1 is 1.29 bits per heavy atom. The van der Waals surface area contributed by atoms with Crippen LogP contribution >= 0.6 is 0 Å². The number of carbonyl (C=O) groups excluding carboxylic acids is 2. The topological polar surface area (TPSA) is 108 Å². The number of rotatable bonds is 7. The lowest BCUT2D eigenvalue weighted by atomic mass is 9.84. The van der Waals surface area contributed by atoms with E-state index in [2.05, 4.69) is 15.6 Å². The van der Waals surface area contributed by atoms with Crippen molar-refractivity contribution in [3.8, 4) is 0 Å². The maximum Gasteiger partial charge on any atom is 0.404 e. The van der Waals surface area contributed by atoms with Crippen molar-refractivity contribution >= 4 is 24.1 Å². The number of carboxylic acid groups (broad SMARTS) is 1. The summed E-state index contributed by atoms with van der Waals surface area (Å²) in [5.41, 5.74) is -0.0819. The van der Waals surface area contributed by atoms with Gasteiger partial charge in [0.15, 0.2) is 0 Å². The third kappa shape index (κ3) is 4.91. The van der Waals surface area contributed by atoms with Gasteiger partial charge >= 0.3 is 6.09 Å². The van der Waals surface area contributed by atoms with E-state index >= 15 is 0 Å². The van der Waals surface area contributed by atoms with E-state index in [0.29, 0.717) is 32.2 Å². The van der Waals surface area contributed by atoms with Gasteiger partial charge < -0.3 is 10.4 Å². The van der Waals surface area contributed by atoms with Gasteiger partial charge in [-0.05, 0) is 31.2 Å². The highest BCUT2D eigenvalue weighted by Gasteiger charge is 2.41. The third-order valence-electron chi connectivity index (χ3n) is 3.99. The quantitative estimate of drug-likeness (QED) is 0.401. The van der Waals surface area contributed by atoms with Crippen LogP contribution in [0.15, 0.2) is 35.3 Å². The summed E-state index contributed by atoms with van der Waals surface area (Å²) in [4.78, 5) is 38.7. The van der Waals surface area contributed by atoms with Crippen LogP contribution in [0.2, 0.25) is 0 Å². The fourth-order valence-electron chi connectivity index (χ4n) is 2.64. The second-order valence-corrected chi connectivity index (χ2v) is 5.77. The van der Waals surface area contributed by atoms with Crippen LogP contribution in [-0.4, -0.2) is 41.3 Å². The smallest absolute Gasteiger partial charge is 0.404 e. The van der Waals surface area contributed by atoms with Gasteiger partial charge in [0.2, 0.25) is 5.91 Å². The van der Waals surface area contributed by atoms with E-state index in [0.717, 1.165) is 5.56 Å². The lowest BCUT2D eigenvalue weighted by Crippen LogP contribution is -2.52. The van der Waals surface area contributed by atoms with Gasteiger partial charge in [0, 0.05) is 19.2 Å². The molecule has 1 aliphatic rings. The average Bonchev–Trinajstić information content (AvgIpc) is 2.56. The summed E-state index contributed by atoms with van der Waals surface area (Å²) in [7, 11) is 0.